The Labute approximate surface area is 275 Å². The number of allylic oxidation sites excluding steroid dienone is 1. The first-order chi connectivity index (χ1) is 22.6. The first-order valence-corrected chi connectivity index (χ1v) is 16.4. The van der Waals surface area contributed by atoms with Gasteiger partial charge in [-0.05, 0) is 42.9 Å². The molecule has 2 saturated heterocycles. The van der Waals surface area contributed by atoms with Crippen LogP contribution in [0, 0.1) is 31.6 Å². The average Bonchev–Trinajstić information content (AvgIpc) is 3.43. The Morgan fingerprint density at radius 2 is 1.70 bits per heavy atom. The number of amides is 3. The topological polar surface area (TPSA) is 125 Å². The number of benzene rings is 2. The molecule has 0 aliphatic carbocycles. The number of rotatable bonds is 5. The number of aliphatic hydroxyl groups is 1. The molecule has 0 saturated carbocycles. The Balaban J connectivity index is 1.48. The maximum atomic E-state index is 14.9. The quantitative estimate of drug-likeness (QED) is 0.378. The zero-order valence-electron chi connectivity index (χ0n) is 27.3. The van der Waals surface area contributed by atoms with E-state index in [0.717, 1.165) is 16.8 Å². The zero-order chi connectivity index (χ0) is 33.5. The molecule has 4 heterocycles. The third-order valence-corrected chi connectivity index (χ3v) is 10.0. The van der Waals surface area contributed by atoms with Gasteiger partial charge < -0.3 is 29.7 Å². The standard InChI is InChI=1S/C37H43N3O7/c1-22(2)26(21-41)40-33-35(44)39(32-23(3)12-10-13-24(32)4)19-11-18-37(33)31(34(40)43)30-27(47-37)16-8-9-17-29(42)38-20-28(46-36(30)45)25-14-6-5-7-15-25/h5-8,10-16,18,22,26-28,30-31,33,41H,9,17,19-21H2,1-4H3,(H,38,42)/b16-8-/t26-,27+,28-,30-,31-,33+,37-/m0/s1. The van der Waals surface area contributed by atoms with E-state index in [4.69, 9.17) is 9.47 Å². The fourth-order valence-corrected chi connectivity index (χ4v) is 7.76. The van der Waals surface area contributed by atoms with E-state index in [0.29, 0.717) is 12.0 Å². The molecule has 248 valence electrons. The predicted octanol–water partition coefficient (Wildman–Crippen LogP) is 3.55. The van der Waals surface area contributed by atoms with E-state index >= 15 is 0 Å². The van der Waals surface area contributed by atoms with Crippen LogP contribution in [0.3, 0.4) is 0 Å². The van der Waals surface area contributed by atoms with Crippen molar-refractivity contribution in [3.05, 3.63) is 89.5 Å². The van der Waals surface area contributed by atoms with Crippen LogP contribution in [-0.4, -0.2) is 77.2 Å². The molecule has 2 fully saturated rings. The molecular weight excluding hydrogens is 598 g/mol. The van der Waals surface area contributed by atoms with Gasteiger partial charge in [0.05, 0.1) is 31.2 Å². The summed E-state index contributed by atoms with van der Waals surface area (Å²) < 4.78 is 13.0. The Bertz CT molecular complexity index is 1580. The minimum Gasteiger partial charge on any atom is -0.455 e. The van der Waals surface area contributed by atoms with Gasteiger partial charge in [0.2, 0.25) is 11.8 Å². The smallest absolute Gasteiger partial charge is 0.313 e. The predicted molar refractivity (Wildman–Crippen MR) is 175 cm³/mol. The van der Waals surface area contributed by atoms with Crippen molar-refractivity contribution in [2.45, 2.75) is 70.4 Å². The highest BCUT2D eigenvalue weighted by molar-refractivity contribution is 6.06. The number of anilines is 1. The van der Waals surface area contributed by atoms with E-state index in [9.17, 15) is 24.3 Å². The SMILES string of the molecule is Cc1cccc(C)c1N1CC=C[C@]23O[C@@H]4/C=C\CCC(=O)NC[C@@H](c5ccccc5)OC(=O)[C@@H]4[C@H]2C(=O)N([C@@H](CO)C(C)C)[C@@H]3C1=O. The van der Waals surface area contributed by atoms with Gasteiger partial charge in [0.15, 0.2) is 0 Å². The first-order valence-electron chi connectivity index (χ1n) is 16.4. The lowest BCUT2D eigenvalue weighted by Crippen LogP contribution is -2.59. The van der Waals surface area contributed by atoms with Crippen LogP contribution in [0.4, 0.5) is 5.69 Å². The number of esters is 1. The minimum atomic E-state index is -1.50. The number of para-hydroxylation sites is 1. The number of cyclic esters (lactones) is 1. The Hall–Kier alpha value is -4.28. The van der Waals surface area contributed by atoms with Gasteiger partial charge in [0.1, 0.15) is 23.7 Å². The normalized spacial score (nSPS) is 30.8. The molecule has 47 heavy (non-hydrogen) atoms. The van der Waals surface area contributed by atoms with Gasteiger partial charge in [0, 0.05) is 18.7 Å². The van der Waals surface area contributed by atoms with Gasteiger partial charge in [-0.2, -0.15) is 0 Å². The molecule has 0 aromatic heterocycles. The summed E-state index contributed by atoms with van der Waals surface area (Å²) in [6, 6.07) is 13.1. The second-order valence-electron chi connectivity index (χ2n) is 13.3. The molecule has 4 aliphatic rings. The molecule has 1 spiro atoms. The number of nitrogens with zero attached hydrogens (tertiary/aromatic N) is 2. The van der Waals surface area contributed by atoms with Gasteiger partial charge in [-0.15, -0.1) is 0 Å². The summed E-state index contributed by atoms with van der Waals surface area (Å²) in [4.78, 5) is 59.8. The fourth-order valence-electron chi connectivity index (χ4n) is 7.76. The number of fused-ring (bicyclic) bond motifs is 2. The van der Waals surface area contributed by atoms with E-state index in [2.05, 4.69) is 5.32 Å². The van der Waals surface area contributed by atoms with Crippen LogP contribution in [0.2, 0.25) is 0 Å². The molecule has 10 heteroatoms. The van der Waals surface area contributed by atoms with E-state index in [1.165, 1.54) is 4.90 Å². The van der Waals surface area contributed by atoms with Gasteiger partial charge >= 0.3 is 5.97 Å². The Kier molecular flexibility index (Phi) is 9.09. The minimum absolute atomic E-state index is 0.0676. The van der Waals surface area contributed by atoms with Crippen LogP contribution in [0.25, 0.3) is 0 Å². The van der Waals surface area contributed by atoms with Gasteiger partial charge in [0.25, 0.3) is 5.91 Å². The number of hydrogen-bond acceptors (Lipinski definition) is 7. The summed E-state index contributed by atoms with van der Waals surface area (Å²) in [5.41, 5.74) is 1.77. The molecule has 0 radical (unpaired) electrons. The zero-order valence-corrected chi connectivity index (χ0v) is 27.3. The van der Waals surface area contributed by atoms with Crippen molar-refractivity contribution in [3.8, 4) is 0 Å². The summed E-state index contributed by atoms with van der Waals surface area (Å²) in [6.45, 7) is 7.62. The first kappa shape index (κ1) is 32.7. The number of aliphatic hydroxyl groups excluding tert-OH is 1. The van der Waals surface area contributed by atoms with Crippen LogP contribution < -0.4 is 10.2 Å². The molecule has 0 unspecified atom stereocenters. The highest BCUT2D eigenvalue weighted by atomic mass is 16.6. The van der Waals surface area contributed by atoms with Crippen LogP contribution in [0.1, 0.15) is 49.5 Å². The number of nitrogens with one attached hydrogen (secondary N) is 1. The molecule has 2 aromatic rings. The van der Waals surface area contributed by atoms with Crippen LogP contribution >= 0.6 is 0 Å². The molecule has 7 atom stereocenters. The molecule has 2 aromatic carbocycles. The highest BCUT2D eigenvalue weighted by Gasteiger charge is 2.72. The molecule has 0 bridgehead atoms. The van der Waals surface area contributed by atoms with E-state index in [-0.39, 0.29) is 43.8 Å². The Morgan fingerprint density at radius 1 is 0.979 bits per heavy atom. The largest absolute Gasteiger partial charge is 0.455 e. The maximum Gasteiger partial charge on any atom is 0.313 e. The van der Waals surface area contributed by atoms with Gasteiger partial charge in [-0.25, -0.2) is 0 Å². The van der Waals surface area contributed by atoms with Gasteiger partial charge in [-0.1, -0.05) is 86.7 Å². The third-order valence-electron chi connectivity index (χ3n) is 10.0. The highest BCUT2D eigenvalue weighted by Crippen LogP contribution is 2.54. The molecule has 2 N–H and O–H groups in total. The van der Waals surface area contributed by atoms with Crippen molar-refractivity contribution in [1.82, 2.24) is 10.2 Å². The Morgan fingerprint density at radius 3 is 2.38 bits per heavy atom. The lowest BCUT2D eigenvalue weighted by molar-refractivity contribution is -0.160. The summed E-state index contributed by atoms with van der Waals surface area (Å²) in [5.74, 6) is -3.96. The second kappa shape index (κ2) is 13.1. The molecule has 4 aliphatic heterocycles. The van der Waals surface area contributed by atoms with Crippen molar-refractivity contribution in [3.63, 3.8) is 0 Å². The number of carbonyl (C=O) groups is 4. The number of hydrogen-bond donors (Lipinski definition) is 2. The lowest BCUT2D eigenvalue weighted by Gasteiger charge is -2.40. The summed E-state index contributed by atoms with van der Waals surface area (Å²) in [5, 5.41) is 13.5. The number of ether oxygens (including phenoxy) is 2. The molecule has 6 rings (SSSR count). The third kappa shape index (κ3) is 5.67. The van der Waals surface area contributed by atoms with Crippen LogP contribution in [0.15, 0.2) is 72.8 Å². The second-order valence-corrected chi connectivity index (χ2v) is 13.3. The van der Waals surface area contributed by atoms with E-state index < -0.39 is 53.6 Å². The van der Waals surface area contributed by atoms with Crippen LogP contribution in [-0.2, 0) is 28.7 Å². The maximum absolute atomic E-state index is 14.9. The summed E-state index contributed by atoms with van der Waals surface area (Å²) >= 11 is 0. The van der Waals surface area contributed by atoms with E-state index in [1.807, 2.05) is 82.3 Å². The molecule has 10 nitrogen and oxygen atoms in total. The van der Waals surface area contributed by atoms with Crippen molar-refractivity contribution in [1.29, 1.82) is 0 Å². The number of aryl methyl sites for hydroxylation is 2. The molecule has 3 amide bonds. The average molecular weight is 642 g/mol. The molecular formula is C37H43N3O7. The van der Waals surface area contributed by atoms with E-state index in [1.54, 1.807) is 23.1 Å². The van der Waals surface area contributed by atoms with Crippen molar-refractivity contribution < 1.29 is 33.8 Å². The van der Waals surface area contributed by atoms with Crippen molar-refractivity contribution >= 4 is 29.4 Å². The summed E-state index contributed by atoms with van der Waals surface area (Å²) in [7, 11) is 0. The van der Waals surface area contributed by atoms with Crippen molar-refractivity contribution in [2.24, 2.45) is 17.8 Å². The fraction of sp³-hybridized carbons (Fsp3) is 0.459. The van der Waals surface area contributed by atoms with Gasteiger partial charge in [-0.3, -0.25) is 19.2 Å². The number of likely N-dealkylation sites (tertiary alicyclic amines) is 1. The number of carbonyl (C=O) groups excluding carboxylic acids is 4. The van der Waals surface area contributed by atoms with Crippen LogP contribution in [0.5, 0.6) is 0 Å². The van der Waals surface area contributed by atoms with Crippen molar-refractivity contribution in [2.75, 3.05) is 24.6 Å². The summed E-state index contributed by atoms with van der Waals surface area (Å²) in [6.07, 6.45) is 6.06. The monoisotopic (exact) mass is 641 g/mol. The lowest BCUT2D eigenvalue weighted by atomic mass is 9.77.